The van der Waals surface area contributed by atoms with Crippen molar-refractivity contribution in [3.63, 3.8) is 0 Å². The van der Waals surface area contributed by atoms with Gasteiger partial charge in [0, 0.05) is 6.08 Å². The Balaban J connectivity index is 1.96. The summed E-state index contributed by atoms with van der Waals surface area (Å²) in [6.07, 6.45) is -3.31. The van der Waals surface area contributed by atoms with Crippen molar-refractivity contribution < 1.29 is 32.2 Å². The number of rotatable bonds is 6. The average Bonchev–Trinajstić information content (AvgIpc) is 2.66. The molecule has 0 aliphatic carbocycles. The Morgan fingerprint density at radius 3 is 2.32 bits per heavy atom. The summed E-state index contributed by atoms with van der Waals surface area (Å²) < 4.78 is 48.9. The molecule has 0 aromatic heterocycles. The van der Waals surface area contributed by atoms with Gasteiger partial charge in [0.15, 0.2) is 6.10 Å². The predicted octanol–water partition coefficient (Wildman–Crippen LogP) is 4.30. The van der Waals surface area contributed by atoms with E-state index >= 15 is 0 Å². The topological polar surface area (TPSA) is 64.6 Å². The summed E-state index contributed by atoms with van der Waals surface area (Å²) in [5, 5.41) is 2.13. The van der Waals surface area contributed by atoms with Crippen LogP contribution in [-0.2, 0) is 20.5 Å². The third-order valence-corrected chi connectivity index (χ3v) is 3.68. The molecule has 0 saturated heterocycles. The van der Waals surface area contributed by atoms with Gasteiger partial charge in [0.25, 0.3) is 5.91 Å². The van der Waals surface area contributed by atoms with Crippen LogP contribution in [0, 0.1) is 0 Å². The maximum atomic E-state index is 13.0. The maximum absolute atomic E-state index is 13.0. The van der Waals surface area contributed by atoms with Crippen LogP contribution in [-0.4, -0.2) is 25.1 Å². The van der Waals surface area contributed by atoms with Crippen molar-refractivity contribution in [3.8, 4) is 5.75 Å². The minimum atomic E-state index is -4.62. The van der Waals surface area contributed by atoms with Crippen LogP contribution in [0.1, 0.15) is 18.1 Å². The fourth-order valence-electron chi connectivity index (χ4n) is 2.22. The number of hydrogen-bond acceptors (Lipinski definition) is 4. The number of para-hydroxylation sites is 1. The van der Waals surface area contributed by atoms with Crippen LogP contribution in [0.4, 0.5) is 18.9 Å². The molecule has 0 saturated carbocycles. The number of methoxy groups -OCH3 is 1. The van der Waals surface area contributed by atoms with Crippen molar-refractivity contribution in [1.29, 1.82) is 0 Å². The molecule has 0 bridgehead atoms. The number of amides is 1. The third-order valence-electron chi connectivity index (χ3n) is 3.68. The van der Waals surface area contributed by atoms with Gasteiger partial charge < -0.3 is 14.8 Å². The highest BCUT2D eigenvalue weighted by atomic mass is 19.4. The van der Waals surface area contributed by atoms with E-state index in [4.69, 9.17) is 9.47 Å². The molecule has 1 amide bonds. The van der Waals surface area contributed by atoms with E-state index in [0.717, 1.165) is 18.2 Å². The van der Waals surface area contributed by atoms with Crippen LogP contribution in [0.3, 0.4) is 0 Å². The lowest BCUT2D eigenvalue weighted by molar-refractivity contribution is -0.148. The molecule has 0 unspecified atom stereocenters. The number of nitrogens with one attached hydrogen (secondary N) is 1. The Hall–Kier alpha value is -3.29. The SMILES string of the molecule is COc1ccc(/C=C/C(=O)O[C@H](C)C(=O)Nc2ccccc2C(F)(F)F)cc1. The number of ether oxygens (including phenoxy) is 2. The molecule has 0 spiro atoms. The van der Waals surface area contributed by atoms with E-state index in [0.29, 0.717) is 11.3 Å². The summed E-state index contributed by atoms with van der Waals surface area (Å²) >= 11 is 0. The summed E-state index contributed by atoms with van der Waals surface area (Å²) in [5.74, 6) is -1.02. The molecule has 148 valence electrons. The molecular formula is C20H18F3NO4. The fourth-order valence-corrected chi connectivity index (χ4v) is 2.22. The van der Waals surface area contributed by atoms with Crippen molar-refractivity contribution in [1.82, 2.24) is 0 Å². The van der Waals surface area contributed by atoms with Gasteiger partial charge in [-0.2, -0.15) is 13.2 Å². The van der Waals surface area contributed by atoms with Crippen LogP contribution in [0.15, 0.2) is 54.6 Å². The van der Waals surface area contributed by atoms with Gasteiger partial charge in [-0.1, -0.05) is 24.3 Å². The minimum Gasteiger partial charge on any atom is -0.497 e. The number of anilines is 1. The molecule has 0 aliphatic rings. The Morgan fingerprint density at radius 2 is 1.71 bits per heavy atom. The molecule has 1 N–H and O–H groups in total. The number of hydrogen-bond donors (Lipinski definition) is 1. The summed E-state index contributed by atoms with van der Waals surface area (Å²) in [7, 11) is 1.53. The van der Waals surface area contributed by atoms with Crippen molar-refractivity contribution in [2.75, 3.05) is 12.4 Å². The highest BCUT2D eigenvalue weighted by Gasteiger charge is 2.34. The number of carbonyl (C=O) groups excluding carboxylic acids is 2. The van der Waals surface area contributed by atoms with E-state index in [2.05, 4.69) is 5.32 Å². The van der Waals surface area contributed by atoms with Gasteiger partial charge in [-0.25, -0.2) is 4.79 Å². The molecule has 2 aromatic carbocycles. The number of benzene rings is 2. The maximum Gasteiger partial charge on any atom is 0.418 e. The van der Waals surface area contributed by atoms with Crippen LogP contribution < -0.4 is 10.1 Å². The molecule has 0 fully saturated rings. The fraction of sp³-hybridized carbons (Fsp3) is 0.200. The van der Waals surface area contributed by atoms with Crippen LogP contribution >= 0.6 is 0 Å². The molecule has 0 aliphatic heterocycles. The van der Waals surface area contributed by atoms with Gasteiger partial charge in [-0.15, -0.1) is 0 Å². The minimum absolute atomic E-state index is 0.406. The highest BCUT2D eigenvalue weighted by Crippen LogP contribution is 2.34. The number of esters is 1. The van der Waals surface area contributed by atoms with Gasteiger partial charge in [0.1, 0.15) is 5.75 Å². The van der Waals surface area contributed by atoms with Gasteiger partial charge in [-0.05, 0) is 42.8 Å². The lowest BCUT2D eigenvalue weighted by atomic mass is 10.1. The molecular weight excluding hydrogens is 375 g/mol. The average molecular weight is 393 g/mol. The Morgan fingerprint density at radius 1 is 1.07 bits per heavy atom. The molecule has 2 rings (SSSR count). The Labute approximate surface area is 159 Å². The third kappa shape index (κ3) is 5.87. The van der Waals surface area contributed by atoms with Crippen LogP contribution in [0.2, 0.25) is 0 Å². The first-order chi connectivity index (χ1) is 13.2. The Kier molecular flexibility index (Phi) is 6.81. The molecule has 5 nitrogen and oxygen atoms in total. The van der Waals surface area contributed by atoms with Gasteiger partial charge in [-0.3, -0.25) is 4.79 Å². The van der Waals surface area contributed by atoms with Crippen molar-refractivity contribution in [2.45, 2.75) is 19.2 Å². The lowest BCUT2D eigenvalue weighted by Crippen LogP contribution is -2.30. The van der Waals surface area contributed by atoms with E-state index in [1.807, 2.05) is 0 Å². The molecule has 2 aromatic rings. The first-order valence-corrected chi connectivity index (χ1v) is 8.20. The second-order valence-electron chi connectivity index (χ2n) is 5.72. The zero-order chi connectivity index (χ0) is 20.7. The molecule has 28 heavy (non-hydrogen) atoms. The van der Waals surface area contributed by atoms with Gasteiger partial charge in [0.2, 0.25) is 0 Å². The monoisotopic (exact) mass is 393 g/mol. The summed E-state index contributed by atoms with van der Waals surface area (Å²) in [5.41, 5.74) is -0.688. The van der Waals surface area contributed by atoms with E-state index in [1.165, 1.54) is 32.2 Å². The first kappa shape index (κ1) is 21.0. The van der Waals surface area contributed by atoms with Gasteiger partial charge >= 0.3 is 12.1 Å². The number of alkyl halides is 3. The van der Waals surface area contributed by atoms with E-state index in [9.17, 15) is 22.8 Å². The Bertz CT molecular complexity index is 860. The highest BCUT2D eigenvalue weighted by molar-refractivity contribution is 5.97. The summed E-state index contributed by atoms with van der Waals surface area (Å²) in [6.45, 7) is 1.27. The lowest BCUT2D eigenvalue weighted by Gasteiger charge is -2.16. The van der Waals surface area contributed by atoms with Crippen molar-refractivity contribution in [3.05, 3.63) is 65.7 Å². The second-order valence-corrected chi connectivity index (χ2v) is 5.72. The van der Waals surface area contributed by atoms with E-state index in [1.54, 1.807) is 24.3 Å². The standard InChI is InChI=1S/C20H18F3NO4/c1-13(19(26)24-17-6-4-3-5-16(17)20(21,22)23)28-18(25)12-9-14-7-10-15(27-2)11-8-14/h3-13H,1-2H3,(H,24,26)/b12-9+/t13-/m1/s1. The largest absolute Gasteiger partial charge is 0.497 e. The van der Waals surface area contributed by atoms with Gasteiger partial charge in [0.05, 0.1) is 18.4 Å². The molecule has 1 atom stereocenters. The van der Waals surface area contributed by atoms with E-state index in [-0.39, 0.29) is 0 Å². The summed E-state index contributed by atoms with van der Waals surface area (Å²) in [4.78, 5) is 23.9. The smallest absolute Gasteiger partial charge is 0.418 e. The predicted molar refractivity (Wildman–Crippen MR) is 97.7 cm³/mol. The van der Waals surface area contributed by atoms with Crippen LogP contribution in [0.5, 0.6) is 5.75 Å². The van der Waals surface area contributed by atoms with E-state index < -0.39 is 35.4 Å². The molecule has 0 radical (unpaired) electrons. The molecule has 8 heteroatoms. The van der Waals surface area contributed by atoms with Crippen molar-refractivity contribution >= 4 is 23.6 Å². The quantitative estimate of drug-likeness (QED) is 0.587. The van der Waals surface area contributed by atoms with Crippen LogP contribution in [0.25, 0.3) is 6.08 Å². The zero-order valence-corrected chi connectivity index (χ0v) is 15.1. The first-order valence-electron chi connectivity index (χ1n) is 8.20. The zero-order valence-electron chi connectivity index (χ0n) is 15.1. The second kappa shape index (κ2) is 9.07. The number of carbonyl (C=O) groups is 2. The summed E-state index contributed by atoms with van der Waals surface area (Å²) in [6, 6.07) is 11.4. The number of halogens is 3. The molecule has 0 heterocycles. The van der Waals surface area contributed by atoms with Crippen molar-refractivity contribution in [2.24, 2.45) is 0 Å². The normalized spacial score (nSPS) is 12.5.